The van der Waals surface area contributed by atoms with E-state index in [-0.39, 0.29) is 12.1 Å². The number of carbonyl (C=O) groups excluding carboxylic acids is 1. The fourth-order valence-electron chi connectivity index (χ4n) is 2.73. The number of nitrogen functional groups attached to an aromatic ring is 1. The molecule has 4 unspecified atom stereocenters. The number of hydrogen-bond acceptors (Lipinski definition) is 13. The number of carbonyl (C=O) groups is 1. The van der Waals surface area contributed by atoms with E-state index in [2.05, 4.69) is 15.0 Å². The van der Waals surface area contributed by atoms with Crippen molar-refractivity contribution >= 4 is 23.3 Å². The number of anilines is 1. The first-order valence-electron chi connectivity index (χ1n) is 8.87. The minimum atomic E-state index is -1.65. The molecule has 0 amide bonds. The summed E-state index contributed by atoms with van der Waals surface area (Å²) in [4.78, 5) is 21.8. The van der Waals surface area contributed by atoms with E-state index in [4.69, 9.17) is 36.0 Å². The Morgan fingerprint density at radius 2 is 1.83 bits per heavy atom. The van der Waals surface area contributed by atoms with Crippen molar-refractivity contribution in [1.29, 1.82) is 0 Å². The quantitative estimate of drug-likeness (QED) is 0.202. The summed E-state index contributed by atoms with van der Waals surface area (Å²) in [6.07, 6.45) is -7.30. The maximum Gasteiger partial charge on any atom is 0.167 e. The number of nitrogens with two attached hydrogens (primary N) is 1. The van der Waals surface area contributed by atoms with Gasteiger partial charge in [-0.3, -0.25) is 4.57 Å². The van der Waals surface area contributed by atoms with Gasteiger partial charge in [0.15, 0.2) is 24.0 Å². The highest BCUT2D eigenvalue weighted by molar-refractivity contribution is 5.81. The molecule has 0 aromatic carbocycles. The first kappa shape index (κ1) is 24.0. The molecule has 14 nitrogen and oxygen atoms in total. The second kappa shape index (κ2) is 10.1. The number of aromatic nitrogens is 4. The first-order chi connectivity index (χ1) is 14.1. The van der Waals surface area contributed by atoms with Gasteiger partial charge in [0.1, 0.15) is 48.5 Å². The Labute approximate surface area is 169 Å². The van der Waals surface area contributed by atoms with E-state index in [1.54, 1.807) is 0 Å². The Balaban J connectivity index is 0.000000252. The van der Waals surface area contributed by atoms with E-state index >= 15 is 0 Å². The average molecular weight is 431 g/mol. The van der Waals surface area contributed by atoms with Gasteiger partial charge in [-0.15, -0.1) is 0 Å². The molecule has 1 aliphatic heterocycles. The van der Waals surface area contributed by atoms with Crippen molar-refractivity contribution in [3.63, 3.8) is 0 Å². The summed E-state index contributed by atoms with van der Waals surface area (Å²) in [6.45, 7) is 0.851. The molecular formula is C16H25N5O9. The summed E-state index contributed by atoms with van der Waals surface area (Å²) in [5.74, 6) is 0.218. The lowest BCUT2D eigenvalue weighted by Gasteiger charge is -2.21. The minimum Gasteiger partial charge on any atom is -0.394 e. The number of imidazole rings is 1. The third-order valence-electron chi connectivity index (χ3n) is 4.51. The van der Waals surface area contributed by atoms with Crippen molar-refractivity contribution in [3.8, 4) is 0 Å². The zero-order valence-corrected chi connectivity index (χ0v) is 15.9. The van der Waals surface area contributed by atoms with E-state index in [1.165, 1.54) is 24.1 Å². The number of ether oxygens (including phenoxy) is 1. The van der Waals surface area contributed by atoms with Gasteiger partial charge >= 0.3 is 0 Å². The molecule has 30 heavy (non-hydrogen) atoms. The van der Waals surface area contributed by atoms with Crippen molar-refractivity contribution < 1.29 is 45.3 Å². The van der Waals surface area contributed by atoms with Crippen LogP contribution in [0.25, 0.3) is 11.2 Å². The van der Waals surface area contributed by atoms with Gasteiger partial charge in [-0.25, -0.2) is 15.0 Å². The fraction of sp³-hybridized carbons (Fsp3) is 0.625. The SMILES string of the molecule is CC(O)C(O)C(O)C(O)C=O.Nc1ncnc2c1ncn2[C@@H]1O[C@H](CO)[C@@H](O)[C@H]1O. The summed E-state index contributed by atoms with van der Waals surface area (Å²) in [6, 6.07) is 0. The molecule has 3 heterocycles. The largest absolute Gasteiger partial charge is 0.394 e. The Morgan fingerprint density at radius 1 is 1.17 bits per heavy atom. The predicted molar refractivity (Wildman–Crippen MR) is 98.5 cm³/mol. The van der Waals surface area contributed by atoms with Gasteiger partial charge in [0, 0.05) is 0 Å². The molecule has 2 aromatic rings. The zero-order valence-electron chi connectivity index (χ0n) is 15.9. The lowest BCUT2D eigenvalue weighted by Crippen LogP contribution is -2.43. The van der Waals surface area contributed by atoms with Crippen molar-refractivity contribution in [2.24, 2.45) is 0 Å². The number of hydrogen-bond donors (Lipinski definition) is 8. The third-order valence-corrected chi connectivity index (χ3v) is 4.51. The van der Waals surface area contributed by atoms with Gasteiger partial charge in [0.25, 0.3) is 0 Å². The van der Waals surface area contributed by atoms with E-state index in [9.17, 15) is 15.0 Å². The van der Waals surface area contributed by atoms with E-state index in [1.807, 2.05) is 0 Å². The Kier molecular flexibility index (Phi) is 8.10. The summed E-state index contributed by atoms with van der Waals surface area (Å²) >= 11 is 0. The Morgan fingerprint density at radius 3 is 2.37 bits per heavy atom. The number of aldehydes is 1. The number of aliphatic hydroxyl groups excluding tert-OH is 7. The Bertz CT molecular complexity index is 835. The minimum absolute atomic E-state index is 0.0935. The molecule has 0 radical (unpaired) electrons. The van der Waals surface area contributed by atoms with Crippen LogP contribution < -0.4 is 5.73 Å². The van der Waals surface area contributed by atoms with Gasteiger partial charge in [-0.05, 0) is 6.92 Å². The van der Waals surface area contributed by atoms with Gasteiger partial charge < -0.3 is 51.0 Å². The molecule has 1 saturated heterocycles. The molecule has 14 heteroatoms. The number of rotatable bonds is 6. The van der Waals surface area contributed by atoms with Crippen LogP contribution in [0.4, 0.5) is 5.82 Å². The van der Waals surface area contributed by atoms with Crippen LogP contribution in [0, 0.1) is 0 Å². The van der Waals surface area contributed by atoms with Gasteiger partial charge in [0.05, 0.1) is 19.0 Å². The molecule has 0 aliphatic carbocycles. The number of fused-ring (bicyclic) bond motifs is 1. The standard InChI is InChI=1S/C10H13N5O4.C6H12O5/c11-8-5-9(13-2-12-8)15(3-14-5)10-7(18)6(17)4(1-16)19-10;1-3(8)5(10)6(11)4(9)2-7/h2-4,6-7,10,16-18H,1H2,(H2,11,12,13);2-6,8-11H,1H3/t4-,6-,7-,10-;/m1./s1. The van der Waals surface area contributed by atoms with Crippen LogP contribution in [0.1, 0.15) is 13.2 Å². The normalized spacial score (nSPS) is 27.7. The first-order valence-corrected chi connectivity index (χ1v) is 8.87. The molecule has 8 atom stereocenters. The predicted octanol–water partition coefficient (Wildman–Crippen LogP) is -4.33. The molecule has 168 valence electrons. The average Bonchev–Trinajstić information content (AvgIpc) is 3.28. The smallest absolute Gasteiger partial charge is 0.167 e. The highest BCUT2D eigenvalue weighted by Gasteiger charge is 2.44. The van der Waals surface area contributed by atoms with Crippen LogP contribution in [0.2, 0.25) is 0 Å². The van der Waals surface area contributed by atoms with Crippen LogP contribution in [0.3, 0.4) is 0 Å². The zero-order chi connectivity index (χ0) is 22.6. The molecule has 1 aliphatic rings. The molecule has 9 N–H and O–H groups in total. The van der Waals surface area contributed by atoms with Crippen LogP contribution in [0.5, 0.6) is 0 Å². The van der Waals surface area contributed by atoms with Crippen molar-refractivity contribution in [3.05, 3.63) is 12.7 Å². The van der Waals surface area contributed by atoms with E-state index in [0.29, 0.717) is 11.2 Å². The fourth-order valence-corrected chi connectivity index (χ4v) is 2.73. The van der Waals surface area contributed by atoms with Crippen LogP contribution in [-0.2, 0) is 9.53 Å². The summed E-state index contributed by atoms with van der Waals surface area (Å²) in [7, 11) is 0. The highest BCUT2D eigenvalue weighted by Crippen LogP contribution is 2.31. The van der Waals surface area contributed by atoms with E-state index in [0.717, 1.165) is 0 Å². The van der Waals surface area contributed by atoms with Gasteiger partial charge in [-0.1, -0.05) is 0 Å². The summed E-state index contributed by atoms with van der Waals surface area (Å²) < 4.78 is 6.85. The van der Waals surface area contributed by atoms with E-state index < -0.39 is 55.6 Å². The lowest BCUT2D eigenvalue weighted by atomic mass is 10.1. The molecular weight excluding hydrogens is 406 g/mol. The van der Waals surface area contributed by atoms with Gasteiger partial charge in [-0.2, -0.15) is 0 Å². The number of aliphatic hydroxyl groups is 7. The molecule has 3 rings (SSSR count). The highest BCUT2D eigenvalue weighted by atomic mass is 16.6. The lowest BCUT2D eigenvalue weighted by molar-refractivity contribution is -0.132. The maximum atomic E-state index is 9.95. The third kappa shape index (κ3) is 4.88. The topological polar surface area (TPSA) is 238 Å². The van der Waals surface area contributed by atoms with Crippen molar-refractivity contribution in [2.75, 3.05) is 12.3 Å². The molecule has 0 bridgehead atoms. The number of nitrogens with zero attached hydrogens (tertiary/aromatic N) is 4. The van der Waals surface area contributed by atoms with Crippen LogP contribution in [-0.4, -0.2) is 111 Å². The van der Waals surface area contributed by atoms with Gasteiger partial charge in [0.2, 0.25) is 0 Å². The monoisotopic (exact) mass is 431 g/mol. The molecule has 0 saturated carbocycles. The van der Waals surface area contributed by atoms with Crippen molar-refractivity contribution in [1.82, 2.24) is 19.5 Å². The second-order valence-electron chi connectivity index (χ2n) is 6.66. The molecule has 1 fully saturated rings. The van der Waals surface area contributed by atoms with Crippen LogP contribution >= 0.6 is 0 Å². The maximum absolute atomic E-state index is 9.95. The molecule has 2 aromatic heterocycles. The second-order valence-corrected chi connectivity index (χ2v) is 6.66. The Hall–Kier alpha value is -2.30. The summed E-state index contributed by atoms with van der Waals surface area (Å²) in [5, 5.41) is 63.8. The summed E-state index contributed by atoms with van der Waals surface area (Å²) in [5.41, 5.74) is 6.44. The van der Waals surface area contributed by atoms with Crippen molar-refractivity contribution in [2.45, 2.75) is 55.9 Å². The molecule has 0 spiro atoms. The van der Waals surface area contributed by atoms with Crippen LogP contribution in [0.15, 0.2) is 12.7 Å².